The van der Waals surface area contributed by atoms with Gasteiger partial charge in [-0.2, -0.15) is 0 Å². The van der Waals surface area contributed by atoms with E-state index in [0.717, 1.165) is 11.0 Å². The average Bonchev–Trinajstić information content (AvgIpc) is 2.86. The molecule has 0 aliphatic rings. The molecule has 0 fully saturated rings. The van der Waals surface area contributed by atoms with E-state index in [9.17, 15) is 14.0 Å². The van der Waals surface area contributed by atoms with Crippen molar-refractivity contribution >= 4 is 32.9 Å². The highest BCUT2D eigenvalue weighted by atomic mass is 79.9. The minimum atomic E-state index is -0.472. The molecule has 2 N–H and O–H groups in total. The van der Waals surface area contributed by atoms with E-state index < -0.39 is 5.82 Å². The Kier molecular flexibility index (Phi) is 4.80. The van der Waals surface area contributed by atoms with Crippen LogP contribution in [0.25, 0.3) is 11.0 Å². The number of hydrogen-bond donors (Lipinski definition) is 2. The SMILES string of the molecule is O=C(NCCCn1c(=O)[nH]c2ccccc21)c1cc(F)cc(Br)c1. The van der Waals surface area contributed by atoms with E-state index in [-0.39, 0.29) is 17.2 Å². The Bertz CT molecular complexity index is 928. The molecule has 0 aliphatic heterocycles. The summed E-state index contributed by atoms with van der Waals surface area (Å²) in [5, 5.41) is 2.73. The number of aryl methyl sites for hydroxylation is 1. The number of nitrogens with one attached hydrogen (secondary N) is 2. The molecule has 1 heterocycles. The van der Waals surface area contributed by atoms with Crippen LogP contribution < -0.4 is 11.0 Å². The van der Waals surface area contributed by atoms with E-state index in [1.165, 1.54) is 12.1 Å². The van der Waals surface area contributed by atoms with Crippen molar-refractivity contribution in [3.63, 3.8) is 0 Å². The Hall–Kier alpha value is -2.41. The van der Waals surface area contributed by atoms with Crippen LogP contribution in [0.15, 0.2) is 51.7 Å². The molecule has 1 aromatic heterocycles. The number of hydrogen-bond acceptors (Lipinski definition) is 2. The topological polar surface area (TPSA) is 66.9 Å². The summed E-state index contributed by atoms with van der Waals surface area (Å²) in [5.41, 5.74) is 1.71. The number of carbonyl (C=O) groups is 1. The van der Waals surface area contributed by atoms with Crippen LogP contribution in [0.2, 0.25) is 0 Å². The van der Waals surface area contributed by atoms with Crippen LogP contribution in [0, 0.1) is 5.82 Å². The predicted octanol–water partition coefficient (Wildman–Crippen LogP) is 3.05. The minimum absolute atomic E-state index is 0.170. The van der Waals surface area contributed by atoms with Crippen LogP contribution in [-0.2, 0) is 6.54 Å². The Morgan fingerprint density at radius 2 is 2.04 bits per heavy atom. The van der Waals surface area contributed by atoms with Gasteiger partial charge in [-0.15, -0.1) is 0 Å². The number of carbonyl (C=O) groups excluding carboxylic acids is 1. The smallest absolute Gasteiger partial charge is 0.326 e. The van der Waals surface area contributed by atoms with Crippen molar-refractivity contribution in [3.05, 3.63) is 68.8 Å². The fourth-order valence-electron chi connectivity index (χ4n) is 2.55. The molecule has 1 amide bonds. The number of imidazole rings is 1. The van der Waals surface area contributed by atoms with Crippen LogP contribution >= 0.6 is 15.9 Å². The van der Waals surface area contributed by atoms with Crippen molar-refractivity contribution in [2.24, 2.45) is 0 Å². The van der Waals surface area contributed by atoms with Crippen molar-refractivity contribution in [1.82, 2.24) is 14.9 Å². The highest BCUT2D eigenvalue weighted by Crippen LogP contribution is 2.15. The fraction of sp³-hybridized carbons (Fsp3) is 0.176. The first kappa shape index (κ1) is 16.4. The molecule has 3 rings (SSSR count). The number of para-hydroxylation sites is 2. The molecular formula is C17H15BrFN3O2. The van der Waals surface area contributed by atoms with Gasteiger partial charge in [0.15, 0.2) is 0 Å². The minimum Gasteiger partial charge on any atom is -0.352 e. The molecule has 0 radical (unpaired) electrons. The summed E-state index contributed by atoms with van der Waals surface area (Å²) in [5.74, 6) is -0.818. The van der Waals surface area contributed by atoms with E-state index in [1.807, 2.05) is 24.3 Å². The van der Waals surface area contributed by atoms with Gasteiger partial charge < -0.3 is 10.3 Å². The molecule has 124 valence electrons. The molecule has 0 bridgehead atoms. The summed E-state index contributed by atoms with van der Waals surface area (Å²) >= 11 is 3.16. The van der Waals surface area contributed by atoms with E-state index in [0.29, 0.717) is 24.0 Å². The maximum Gasteiger partial charge on any atom is 0.326 e. The van der Waals surface area contributed by atoms with Crippen molar-refractivity contribution in [2.75, 3.05) is 6.54 Å². The molecule has 0 saturated carbocycles. The molecule has 24 heavy (non-hydrogen) atoms. The van der Waals surface area contributed by atoms with Crippen LogP contribution in [0.4, 0.5) is 4.39 Å². The highest BCUT2D eigenvalue weighted by molar-refractivity contribution is 9.10. The number of aromatic amines is 1. The van der Waals surface area contributed by atoms with Crippen molar-refractivity contribution < 1.29 is 9.18 Å². The quantitative estimate of drug-likeness (QED) is 0.656. The molecule has 0 unspecified atom stereocenters. The fourth-order valence-corrected chi connectivity index (χ4v) is 3.02. The lowest BCUT2D eigenvalue weighted by molar-refractivity contribution is 0.0952. The van der Waals surface area contributed by atoms with Crippen LogP contribution in [-0.4, -0.2) is 22.0 Å². The highest BCUT2D eigenvalue weighted by Gasteiger charge is 2.09. The Balaban J connectivity index is 1.59. The molecule has 0 atom stereocenters. The third kappa shape index (κ3) is 3.56. The zero-order valence-corrected chi connectivity index (χ0v) is 14.3. The maximum absolute atomic E-state index is 13.3. The Morgan fingerprint density at radius 1 is 1.25 bits per heavy atom. The second-order valence-electron chi connectivity index (χ2n) is 5.37. The summed E-state index contributed by atoms with van der Waals surface area (Å²) in [6, 6.07) is 11.5. The van der Waals surface area contributed by atoms with Gasteiger partial charge in [-0.05, 0) is 36.8 Å². The number of halogens is 2. The predicted molar refractivity (Wildman–Crippen MR) is 93.6 cm³/mol. The first-order valence-electron chi connectivity index (χ1n) is 7.46. The molecule has 3 aromatic rings. The van der Waals surface area contributed by atoms with Crippen molar-refractivity contribution in [2.45, 2.75) is 13.0 Å². The summed E-state index contributed by atoms with van der Waals surface area (Å²) in [4.78, 5) is 26.7. The summed E-state index contributed by atoms with van der Waals surface area (Å²) in [6.45, 7) is 0.870. The number of fused-ring (bicyclic) bond motifs is 1. The number of aromatic nitrogens is 2. The average molecular weight is 392 g/mol. The summed E-state index contributed by atoms with van der Waals surface area (Å²) in [7, 11) is 0. The number of benzene rings is 2. The lowest BCUT2D eigenvalue weighted by atomic mass is 10.2. The lowest BCUT2D eigenvalue weighted by Gasteiger charge is -2.07. The van der Waals surface area contributed by atoms with Gasteiger partial charge in [0, 0.05) is 23.1 Å². The lowest BCUT2D eigenvalue weighted by Crippen LogP contribution is -2.26. The normalized spacial score (nSPS) is 10.9. The zero-order chi connectivity index (χ0) is 17.1. The third-order valence-electron chi connectivity index (χ3n) is 3.65. The standard InChI is InChI=1S/C17H15BrFN3O2/c18-12-8-11(9-13(19)10-12)16(23)20-6-3-7-22-15-5-2-1-4-14(15)21-17(22)24/h1-2,4-5,8-10H,3,6-7H2,(H,20,23)(H,21,24). The van der Waals surface area contributed by atoms with E-state index in [4.69, 9.17) is 0 Å². The molecule has 7 heteroatoms. The number of amides is 1. The van der Waals surface area contributed by atoms with E-state index in [2.05, 4.69) is 26.2 Å². The van der Waals surface area contributed by atoms with Gasteiger partial charge in [0.05, 0.1) is 11.0 Å². The van der Waals surface area contributed by atoms with Crippen molar-refractivity contribution in [3.8, 4) is 0 Å². The van der Waals surface area contributed by atoms with Gasteiger partial charge in [-0.3, -0.25) is 9.36 Å². The first-order valence-corrected chi connectivity index (χ1v) is 8.26. The van der Waals surface area contributed by atoms with Crippen LogP contribution in [0.5, 0.6) is 0 Å². The third-order valence-corrected chi connectivity index (χ3v) is 4.11. The molecule has 0 spiro atoms. The zero-order valence-electron chi connectivity index (χ0n) is 12.7. The second-order valence-corrected chi connectivity index (χ2v) is 6.28. The largest absolute Gasteiger partial charge is 0.352 e. The number of H-pyrrole nitrogens is 1. The Labute approximate surface area is 145 Å². The maximum atomic E-state index is 13.3. The molecule has 5 nitrogen and oxygen atoms in total. The van der Waals surface area contributed by atoms with E-state index >= 15 is 0 Å². The van der Waals surface area contributed by atoms with Gasteiger partial charge in [0.2, 0.25) is 0 Å². The number of nitrogens with zero attached hydrogens (tertiary/aromatic N) is 1. The molecule has 0 aliphatic carbocycles. The molecular weight excluding hydrogens is 377 g/mol. The molecule has 2 aromatic carbocycles. The van der Waals surface area contributed by atoms with Gasteiger partial charge in [-0.25, -0.2) is 9.18 Å². The van der Waals surface area contributed by atoms with Gasteiger partial charge >= 0.3 is 5.69 Å². The van der Waals surface area contributed by atoms with Crippen LogP contribution in [0.1, 0.15) is 16.8 Å². The monoisotopic (exact) mass is 391 g/mol. The molecule has 0 saturated heterocycles. The van der Waals surface area contributed by atoms with Gasteiger partial charge in [0.1, 0.15) is 5.82 Å². The van der Waals surface area contributed by atoms with Gasteiger partial charge in [-0.1, -0.05) is 28.1 Å². The Morgan fingerprint density at radius 3 is 2.83 bits per heavy atom. The van der Waals surface area contributed by atoms with Gasteiger partial charge in [0.25, 0.3) is 5.91 Å². The van der Waals surface area contributed by atoms with Crippen LogP contribution in [0.3, 0.4) is 0 Å². The summed E-state index contributed by atoms with van der Waals surface area (Å²) in [6.07, 6.45) is 0.587. The first-order chi connectivity index (χ1) is 11.5. The summed E-state index contributed by atoms with van der Waals surface area (Å²) < 4.78 is 15.5. The second kappa shape index (κ2) is 7.00. The number of rotatable bonds is 5. The van der Waals surface area contributed by atoms with Crippen molar-refractivity contribution in [1.29, 1.82) is 0 Å². The van der Waals surface area contributed by atoms with E-state index in [1.54, 1.807) is 10.6 Å².